The van der Waals surface area contributed by atoms with Gasteiger partial charge < -0.3 is 4.74 Å². The van der Waals surface area contributed by atoms with Crippen molar-refractivity contribution in [2.75, 3.05) is 0 Å². The summed E-state index contributed by atoms with van der Waals surface area (Å²) < 4.78 is 7.05. The molecule has 1 unspecified atom stereocenters. The number of esters is 1. The highest BCUT2D eigenvalue weighted by Crippen LogP contribution is 2.36. The molecule has 1 aliphatic carbocycles. The number of nitrogens with zero attached hydrogens (tertiary/aromatic N) is 3. The fourth-order valence-electron chi connectivity index (χ4n) is 3.48. The molecule has 2 rings (SSSR count). The molecule has 0 spiro atoms. The number of aryl methyl sites for hydroxylation is 2. The van der Waals surface area contributed by atoms with E-state index < -0.39 is 4.92 Å². The quantitative estimate of drug-likeness (QED) is 0.356. The van der Waals surface area contributed by atoms with Crippen LogP contribution in [0.4, 0.5) is 5.69 Å². The minimum absolute atomic E-state index is 0.0101. The molecule has 0 amide bonds. The topological polar surface area (TPSA) is 87.3 Å². The maximum atomic E-state index is 12.1. The fraction of sp³-hybridized carbons (Fsp3) is 0.647. The Labute approximate surface area is 141 Å². The summed E-state index contributed by atoms with van der Waals surface area (Å²) in [6, 6.07) is 0. The number of allylic oxidation sites excluding steroid dienone is 1. The highest BCUT2D eigenvalue weighted by atomic mass is 16.6. The standard InChI is InChI=1S/C17H25N3O4/c1-11-8-14(10-17(4,5)9-11)24-15(21)6-7-19-13(3)16(20(22)23)12(2)18-19/h8,14H,6-7,9-10H2,1-5H3. The lowest BCUT2D eigenvalue weighted by Gasteiger charge is -2.33. The summed E-state index contributed by atoms with van der Waals surface area (Å²) in [5.74, 6) is -0.308. The lowest BCUT2D eigenvalue weighted by molar-refractivity contribution is -0.386. The van der Waals surface area contributed by atoms with Crippen LogP contribution in [0.2, 0.25) is 0 Å². The Hall–Kier alpha value is -2.18. The second kappa shape index (κ2) is 6.75. The number of carbonyl (C=O) groups is 1. The van der Waals surface area contributed by atoms with Crippen LogP contribution in [-0.2, 0) is 16.1 Å². The van der Waals surface area contributed by atoms with Gasteiger partial charge in [-0.15, -0.1) is 0 Å². The van der Waals surface area contributed by atoms with Gasteiger partial charge in [-0.05, 0) is 45.1 Å². The lowest BCUT2D eigenvalue weighted by Crippen LogP contribution is -2.28. The van der Waals surface area contributed by atoms with Crippen molar-refractivity contribution in [1.82, 2.24) is 9.78 Å². The van der Waals surface area contributed by atoms with Gasteiger partial charge in [-0.3, -0.25) is 19.6 Å². The van der Waals surface area contributed by atoms with Gasteiger partial charge in [0.1, 0.15) is 17.5 Å². The van der Waals surface area contributed by atoms with Crippen molar-refractivity contribution in [3.05, 3.63) is 33.2 Å². The van der Waals surface area contributed by atoms with Crippen molar-refractivity contribution < 1.29 is 14.5 Å². The van der Waals surface area contributed by atoms with E-state index >= 15 is 0 Å². The van der Waals surface area contributed by atoms with E-state index in [0.29, 0.717) is 11.4 Å². The molecule has 7 heteroatoms. The van der Waals surface area contributed by atoms with Crippen molar-refractivity contribution in [1.29, 1.82) is 0 Å². The zero-order valence-electron chi connectivity index (χ0n) is 15.0. The molecule has 1 aromatic rings. The van der Waals surface area contributed by atoms with E-state index in [1.54, 1.807) is 13.8 Å². The lowest BCUT2D eigenvalue weighted by atomic mass is 9.76. The summed E-state index contributed by atoms with van der Waals surface area (Å²) in [6.07, 6.45) is 3.77. The van der Waals surface area contributed by atoms with Crippen LogP contribution in [0.3, 0.4) is 0 Å². The first kappa shape index (κ1) is 18.2. The SMILES string of the molecule is CC1=CC(OC(=O)CCn2nc(C)c([N+](=O)[O-])c2C)CC(C)(C)C1. The summed E-state index contributed by atoms with van der Waals surface area (Å²) in [6.45, 7) is 9.89. The van der Waals surface area contributed by atoms with Crippen LogP contribution in [0.15, 0.2) is 11.6 Å². The Morgan fingerprint density at radius 3 is 2.67 bits per heavy atom. The molecule has 0 aromatic carbocycles. The molecule has 7 nitrogen and oxygen atoms in total. The van der Waals surface area contributed by atoms with Gasteiger partial charge in [-0.25, -0.2) is 0 Å². The second-order valence-corrected chi connectivity index (χ2v) is 7.34. The molecular weight excluding hydrogens is 310 g/mol. The van der Waals surface area contributed by atoms with Crippen molar-refractivity contribution in [2.45, 2.75) is 66.5 Å². The molecule has 0 fully saturated rings. The smallest absolute Gasteiger partial charge is 0.312 e. The maximum absolute atomic E-state index is 12.1. The third-order valence-electron chi connectivity index (χ3n) is 4.32. The van der Waals surface area contributed by atoms with E-state index in [-0.39, 0.29) is 36.1 Å². The molecule has 0 saturated heterocycles. The third kappa shape index (κ3) is 4.21. The van der Waals surface area contributed by atoms with Gasteiger partial charge in [-0.1, -0.05) is 19.4 Å². The summed E-state index contributed by atoms with van der Waals surface area (Å²) in [5, 5.41) is 15.1. The number of carbonyl (C=O) groups excluding carboxylic acids is 1. The monoisotopic (exact) mass is 335 g/mol. The molecule has 0 radical (unpaired) electrons. The Bertz CT molecular complexity index is 688. The highest BCUT2D eigenvalue weighted by Gasteiger charge is 2.29. The van der Waals surface area contributed by atoms with E-state index in [1.807, 2.05) is 6.08 Å². The van der Waals surface area contributed by atoms with Crippen molar-refractivity contribution in [3.8, 4) is 0 Å². The summed E-state index contributed by atoms with van der Waals surface area (Å²) in [4.78, 5) is 22.7. The van der Waals surface area contributed by atoms with Crippen LogP contribution >= 0.6 is 0 Å². The van der Waals surface area contributed by atoms with Crippen molar-refractivity contribution in [2.24, 2.45) is 5.41 Å². The Balaban J connectivity index is 1.96. The van der Waals surface area contributed by atoms with Gasteiger partial charge in [0.2, 0.25) is 0 Å². The number of aromatic nitrogens is 2. The molecule has 24 heavy (non-hydrogen) atoms. The van der Waals surface area contributed by atoms with Crippen LogP contribution in [0, 0.1) is 29.4 Å². The average molecular weight is 335 g/mol. The maximum Gasteiger partial charge on any atom is 0.312 e. The third-order valence-corrected chi connectivity index (χ3v) is 4.32. The normalized spacial score (nSPS) is 19.7. The minimum Gasteiger partial charge on any atom is -0.458 e. The molecule has 0 bridgehead atoms. The van der Waals surface area contributed by atoms with Gasteiger partial charge in [0, 0.05) is 0 Å². The van der Waals surface area contributed by atoms with E-state index in [0.717, 1.165) is 12.8 Å². The van der Waals surface area contributed by atoms with Crippen LogP contribution in [0.25, 0.3) is 0 Å². The zero-order chi connectivity index (χ0) is 18.1. The Kier molecular flexibility index (Phi) is 5.11. The van der Waals surface area contributed by atoms with E-state index in [2.05, 4.69) is 25.9 Å². The second-order valence-electron chi connectivity index (χ2n) is 7.34. The zero-order valence-corrected chi connectivity index (χ0v) is 15.0. The summed E-state index contributed by atoms with van der Waals surface area (Å²) >= 11 is 0. The first-order valence-electron chi connectivity index (χ1n) is 8.14. The number of rotatable bonds is 5. The first-order valence-corrected chi connectivity index (χ1v) is 8.14. The van der Waals surface area contributed by atoms with Gasteiger partial charge in [0.05, 0.1) is 17.9 Å². The van der Waals surface area contributed by atoms with Crippen LogP contribution in [0.5, 0.6) is 0 Å². The molecule has 1 aromatic heterocycles. The van der Waals surface area contributed by atoms with Crippen LogP contribution in [-0.4, -0.2) is 26.8 Å². The summed E-state index contributed by atoms with van der Waals surface area (Å²) in [5.41, 5.74) is 2.19. The molecule has 1 aliphatic rings. The largest absolute Gasteiger partial charge is 0.458 e. The highest BCUT2D eigenvalue weighted by molar-refractivity contribution is 5.69. The van der Waals surface area contributed by atoms with Crippen LogP contribution < -0.4 is 0 Å². The number of hydrogen-bond acceptors (Lipinski definition) is 5. The molecule has 0 N–H and O–H groups in total. The van der Waals surface area contributed by atoms with Crippen molar-refractivity contribution in [3.63, 3.8) is 0 Å². The Morgan fingerprint density at radius 2 is 2.12 bits per heavy atom. The predicted molar refractivity (Wildman–Crippen MR) is 89.6 cm³/mol. The van der Waals surface area contributed by atoms with Crippen LogP contribution in [0.1, 0.15) is 51.4 Å². The van der Waals surface area contributed by atoms with Gasteiger partial charge in [-0.2, -0.15) is 5.10 Å². The Morgan fingerprint density at radius 1 is 1.46 bits per heavy atom. The molecule has 1 atom stereocenters. The molecule has 132 valence electrons. The molecule has 1 heterocycles. The van der Waals surface area contributed by atoms with Crippen molar-refractivity contribution >= 4 is 11.7 Å². The number of nitro groups is 1. The van der Waals surface area contributed by atoms with Gasteiger partial charge in [0.15, 0.2) is 0 Å². The van der Waals surface area contributed by atoms with E-state index in [1.165, 1.54) is 10.3 Å². The molecular formula is C17H25N3O4. The molecule has 0 aliphatic heterocycles. The fourth-order valence-corrected chi connectivity index (χ4v) is 3.48. The minimum atomic E-state index is -0.440. The average Bonchev–Trinajstić information content (AvgIpc) is 2.68. The van der Waals surface area contributed by atoms with E-state index in [9.17, 15) is 14.9 Å². The van der Waals surface area contributed by atoms with E-state index in [4.69, 9.17) is 4.74 Å². The number of hydrogen-bond donors (Lipinski definition) is 0. The summed E-state index contributed by atoms with van der Waals surface area (Å²) in [7, 11) is 0. The van der Waals surface area contributed by atoms with Gasteiger partial charge in [0.25, 0.3) is 0 Å². The first-order chi connectivity index (χ1) is 11.1. The number of ether oxygens (including phenoxy) is 1. The molecule has 0 saturated carbocycles. The predicted octanol–water partition coefficient (Wildman–Crippen LogP) is 3.48. The van der Waals surface area contributed by atoms with Gasteiger partial charge >= 0.3 is 11.7 Å².